The summed E-state index contributed by atoms with van der Waals surface area (Å²) in [5, 5.41) is 0. The molecule has 1 aromatic carbocycles. The van der Waals surface area contributed by atoms with E-state index >= 15 is 0 Å². The molecule has 1 rings (SSSR count). The van der Waals surface area contributed by atoms with E-state index in [1.54, 1.807) is 0 Å². The summed E-state index contributed by atoms with van der Waals surface area (Å²) in [6, 6.07) is 8.26. The van der Waals surface area contributed by atoms with E-state index in [1.165, 1.54) is 0 Å². The zero-order valence-electron chi connectivity index (χ0n) is 12.3. The van der Waals surface area contributed by atoms with Crippen LogP contribution in [-0.2, 0) is 0 Å². The Morgan fingerprint density at radius 1 is 1.11 bits per heavy atom. The van der Waals surface area contributed by atoms with E-state index in [9.17, 15) is 0 Å². The monoisotopic (exact) mass is 266 g/mol. The van der Waals surface area contributed by atoms with Gasteiger partial charge in [-0.25, -0.2) is 0 Å². The molecule has 19 heavy (non-hydrogen) atoms. The van der Waals surface area contributed by atoms with Crippen molar-refractivity contribution >= 4 is 0 Å². The lowest BCUT2D eigenvalue weighted by molar-refractivity contribution is 0.176. The van der Waals surface area contributed by atoms with E-state index in [1.807, 2.05) is 31.2 Å². The van der Waals surface area contributed by atoms with Gasteiger partial charge in [0.2, 0.25) is 0 Å². The number of hydrogen-bond donors (Lipinski definition) is 1. The molecule has 108 valence electrons. The van der Waals surface area contributed by atoms with Crippen molar-refractivity contribution in [2.24, 2.45) is 5.73 Å². The topological polar surface area (TPSA) is 47.7 Å². The summed E-state index contributed by atoms with van der Waals surface area (Å²) >= 11 is 0. The third-order valence-corrected chi connectivity index (χ3v) is 2.93. The lowest BCUT2D eigenvalue weighted by atomic mass is 10.3. The maximum absolute atomic E-state index is 5.81. The van der Waals surface area contributed by atoms with E-state index in [-0.39, 0.29) is 0 Å². The molecular formula is C15H26N2O2. The van der Waals surface area contributed by atoms with Crippen molar-refractivity contribution in [2.45, 2.75) is 26.8 Å². The highest BCUT2D eigenvalue weighted by Gasteiger charge is 2.09. The molecule has 0 unspecified atom stereocenters. The first-order valence-electron chi connectivity index (χ1n) is 6.97. The highest BCUT2D eigenvalue weighted by atomic mass is 16.5. The Bertz CT molecular complexity index is 356. The van der Waals surface area contributed by atoms with E-state index < -0.39 is 0 Å². The second kappa shape index (κ2) is 8.77. The van der Waals surface area contributed by atoms with Gasteiger partial charge in [0.05, 0.1) is 6.61 Å². The standard InChI is InChI=1S/C15H26N2O2/c1-4-18-14-7-5-6-8-15(14)19-12-11-17(10-9-16)13(2)3/h5-8,13H,4,9-12,16H2,1-3H3. The molecule has 4 nitrogen and oxygen atoms in total. The normalized spacial score (nSPS) is 11.1. The summed E-state index contributed by atoms with van der Waals surface area (Å²) in [5.41, 5.74) is 5.61. The van der Waals surface area contributed by atoms with Gasteiger partial charge in [0.1, 0.15) is 6.61 Å². The quantitative estimate of drug-likeness (QED) is 0.744. The molecule has 0 aliphatic rings. The molecule has 0 saturated carbocycles. The van der Waals surface area contributed by atoms with Crippen LogP contribution in [0, 0.1) is 0 Å². The molecule has 0 saturated heterocycles. The van der Waals surface area contributed by atoms with Crippen LogP contribution in [0.25, 0.3) is 0 Å². The second-order valence-corrected chi connectivity index (χ2v) is 4.65. The molecule has 0 spiro atoms. The Kier molecular flexibility index (Phi) is 7.30. The number of hydrogen-bond acceptors (Lipinski definition) is 4. The Morgan fingerprint density at radius 3 is 2.26 bits per heavy atom. The smallest absolute Gasteiger partial charge is 0.161 e. The number of rotatable bonds is 9. The van der Waals surface area contributed by atoms with Crippen LogP contribution in [0.4, 0.5) is 0 Å². The van der Waals surface area contributed by atoms with Crippen molar-refractivity contribution in [3.63, 3.8) is 0 Å². The maximum atomic E-state index is 5.81. The Morgan fingerprint density at radius 2 is 1.74 bits per heavy atom. The Labute approximate surface area is 116 Å². The largest absolute Gasteiger partial charge is 0.490 e. The van der Waals surface area contributed by atoms with Crippen molar-refractivity contribution in [1.29, 1.82) is 0 Å². The van der Waals surface area contributed by atoms with Crippen LogP contribution in [0.1, 0.15) is 20.8 Å². The molecule has 0 atom stereocenters. The zero-order chi connectivity index (χ0) is 14.1. The summed E-state index contributed by atoms with van der Waals surface area (Å²) in [6.07, 6.45) is 0. The van der Waals surface area contributed by atoms with Crippen molar-refractivity contribution in [1.82, 2.24) is 4.90 Å². The van der Waals surface area contributed by atoms with Crippen LogP contribution in [0.3, 0.4) is 0 Å². The van der Waals surface area contributed by atoms with Gasteiger partial charge in [-0.2, -0.15) is 0 Å². The Hall–Kier alpha value is -1.26. The van der Waals surface area contributed by atoms with Crippen LogP contribution in [0.5, 0.6) is 11.5 Å². The molecule has 0 heterocycles. The molecule has 4 heteroatoms. The van der Waals surface area contributed by atoms with E-state index in [0.29, 0.717) is 25.8 Å². The minimum absolute atomic E-state index is 0.481. The fourth-order valence-electron chi connectivity index (χ4n) is 1.91. The second-order valence-electron chi connectivity index (χ2n) is 4.65. The summed E-state index contributed by atoms with van der Waals surface area (Å²) in [7, 11) is 0. The summed E-state index contributed by atoms with van der Waals surface area (Å²) in [5.74, 6) is 1.61. The number of benzene rings is 1. The number of para-hydroxylation sites is 2. The van der Waals surface area contributed by atoms with E-state index in [4.69, 9.17) is 15.2 Å². The maximum Gasteiger partial charge on any atom is 0.161 e. The van der Waals surface area contributed by atoms with Gasteiger partial charge in [-0.05, 0) is 32.9 Å². The molecule has 0 aliphatic heterocycles. The van der Waals surface area contributed by atoms with Gasteiger partial charge in [-0.3, -0.25) is 4.90 Å². The fourth-order valence-corrected chi connectivity index (χ4v) is 1.91. The van der Waals surface area contributed by atoms with Crippen LogP contribution in [0.2, 0.25) is 0 Å². The molecule has 0 amide bonds. The first-order chi connectivity index (χ1) is 9.19. The van der Waals surface area contributed by atoms with Gasteiger partial charge < -0.3 is 15.2 Å². The van der Waals surface area contributed by atoms with Crippen LogP contribution in [-0.4, -0.2) is 43.8 Å². The average molecular weight is 266 g/mol. The van der Waals surface area contributed by atoms with Gasteiger partial charge in [0, 0.05) is 25.7 Å². The van der Waals surface area contributed by atoms with Crippen molar-refractivity contribution in [3.05, 3.63) is 24.3 Å². The van der Waals surface area contributed by atoms with Crippen LogP contribution >= 0.6 is 0 Å². The van der Waals surface area contributed by atoms with Crippen molar-refractivity contribution < 1.29 is 9.47 Å². The molecule has 0 fully saturated rings. The van der Waals surface area contributed by atoms with Gasteiger partial charge in [-0.15, -0.1) is 0 Å². The first-order valence-corrected chi connectivity index (χ1v) is 6.97. The highest BCUT2D eigenvalue weighted by Crippen LogP contribution is 2.26. The number of ether oxygens (including phenoxy) is 2. The van der Waals surface area contributed by atoms with Gasteiger partial charge in [0.15, 0.2) is 11.5 Å². The fraction of sp³-hybridized carbons (Fsp3) is 0.600. The molecule has 2 N–H and O–H groups in total. The molecule has 0 aliphatic carbocycles. The number of nitrogens with two attached hydrogens (primary N) is 1. The predicted molar refractivity (Wildman–Crippen MR) is 78.9 cm³/mol. The third-order valence-electron chi connectivity index (χ3n) is 2.93. The molecule has 1 aromatic rings. The molecule has 0 bridgehead atoms. The number of nitrogens with zero attached hydrogens (tertiary/aromatic N) is 1. The third kappa shape index (κ3) is 5.49. The van der Waals surface area contributed by atoms with Gasteiger partial charge >= 0.3 is 0 Å². The SMILES string of the molecule is CCOc1ccccc1OCCN(CCN)C(C)C. The van der Waals surface area contributed by atoms with Gasteiger partial charge in [-0.1, -0.05) is 12.1 Å². The van der Waals surface area contributed by atoms with E-state index in [0.717, 1.165) is 24.6 Å². The van der Waals surface area contributed by atoms with E-state index in [2.05, 4.69) is 18.7 Å². The molecule has 0 aromatic heterocycles. The zero-order valence-corrected chi connectivity index (χ0v) is 12.3. The lowest BCUT2D eigenvalue weighted by Crippen LogP contribution is -2.38. The lowest BCUT2D eigenvalue weighted by Gasteiger charge is -2.25. The summed E-state index contributed by atoms with van der Waals surface area (Å²) in [4.78, 5) is 2.31. The van der Waals surface area contributed by atoms with Gasteiger partial charge in [0.25, 0.3) is 0 Å². The minimum Gasteiger partial charge on any atom is -0.490 e. The highest BCUT2D eigenvalue weighted by molar-refractivity contribution is 5.39. The first kappa shape index (κ1) is 15.8. The molecule has 0 radical (unpaired) electrons. The summed E-state index contributed by atoms with van der Waals surface area (Å²) < 4.78 is 11.3. The van der Waals surface area contributed by atoms with Crippen LogP contribution in [0.15, 0.2) is 24.3 Å². The molecular weight excluding hydrogens is 240 g/mol. The average Bonchev–Trinajstić information content (AvgIpc) is 2.40. The van der Waals surface area contributed by atoms with Crippen molar-refractivity contribution in [3.8, 4) is 11.5 Å². The minimum atomic E-state index is 0.481. The Balaban J connectivity index is 2.47. The summed E-state index contributed by atoms with van der Waals surface area (Å²) in [6.45, 7) is 10.0. The van der Waals surface area contributed by atoms with Crippen LogP contribution < -0.4 is 15.2 Å². The predicted octanol–water partition coefficient (Wildman–Crippen LogP) is 2.13. The van der Waals surface area contributed by atoms with Crippen molar-refractivity contribution in [2.75, 3.05) is 32.8 Å².